The van der Waals surface area contributed by atoms with Crippen molar-refractivity contribution in [2.45, 2.75) is 0 Å². The molecule has 1 aromatic carbocycles. The summed E-state index contributed by atoms with van der Waals surface area (Å²) in [7, 11) is 5.74. The van der Waals surface area contributed by atoms with Crippen LogP contribution in [-0.2, 0) is 0 Å². The third-order valence-corrected chi connectivity index (χ3v) is 4.06. The summed E-state index contributed by atoms with van der Waals surface area (Å²) in [5.41, 5.74) is 2.20. The van der Waals surface area contributed by atoms with Gasteiger partial charge in [0.25, 0.3) is 0 Å². The number of anilines is 1. The van der Waals surface area contributed by atoms with Gasteiger partial charge in [0, 0.05) is 41.2 Å². The van der Waals surface area contributed by atoms with E-state index in [0.717, 1.165) is 17.0 Å². The van der Waals surface area contributed by atoms with Crippen LogP contribution in [-0.4, -0.2) is 21.2 Å². The van der Waals surface area contributed by atoms with E-state index in [1.54, 1.807) is 18.4 Å². The number of nitrogens with zero attached hydrogens (tertiary/aromatic N) is 1. The summed E-state index contributed by atoms with van der Waals surface area (Å²) in [5.74, 6) is 0.882. The molecular formula is C17H19NOS. The predicted octanol–water partition coefficient (Wildman–Crippen LogP) is 4.64. The summed E-state index contributed by atoms with van der Waals surface area (Å²) < 4.78 is 5.46. The van der Waals surface area contributed by atoms with Gasteiger partial charge in [0.2, 0.25) is 0 Å². The van der Waals surface area contributed by atoms with Crippen LogP contribution >= 0.6 is 11.3 Å². The first-order valence-electron chi connectivity index (χ1n) is 6.39. The van der Waals surface area contributed by atoms with Crippen LogP contribution in [0, 0.1) is 0 Å². The zero-order valence-electron chi connectivity index (χ0n) is 12.1. The van der Waals surface area contributed by atoms with Crippen molar-refractivity contribution in [2.75, 3.05) is 26.1 Å². The molecule has 0 radical (unpaired) electrons. The lowest BCUT2D eigenvalue weighted by molar-refractivity contribution is 0.414. The molecule has 0 spiro atoms. The van der Waals surface area contributed by atoms with Gasteiger partial charge in [-0.05, 0) is 36.4 Å². The third-order valence-electron chi connectivity index (χ3n) is 3.01. The Kier molecular flexibility index (Phi) is 4.64. The molecular weight excluding hydrogens is 266 g/mol. The van der Waals surface area contributed by atoms with Crippen LogP contribution in [0.4, 0.5) is 5.69 Å². The number of hydrogen-bond donors (Lipinski definition) is 0. The summed E-state index contributed by atoms with van der Waals surface area (Å²) >= 11 is 1.72. The van der Waals surface area contributed by atoms with E-state index in [1.165, 1.54) is 9.75 Å². The first kappa shape index (κ1) is 14.4. The van der Waals surface area contributed by atoms with E-state index in [-0.39, 0.29) is 0 Å². The normalized spacial score (nSPS) is 10.8. The van der Waals surface area contributed by atoms with Crippen LogP contribution in [0.1, 0.15) is 15.3 Å². The molecule has 0 fully saturated rings. The highest BCUT2D eigenvalue weighted by atomic mass is 32.1. The van der Waals surface area contributed by atoms with Gasteiger partial charge < -0.3 is 9.64 Å². The molecule has 0 saturated carbocycles. The second-order valence-electron chi connectivity index (χ2n) is 4.60. The molecule has 0 aliphatic rings. The minimum Gasteiger partial charge on any atom is -0.496 e. The van der Waals surface area contributed by atoms with E-state index < -0.39 is 0 Å². The molecule has 20 heavy (non-hydrogen) atoms. The second kappa shape index (κ2) is 6.44. The molecule has 0 N–H and O–H groups in total. The molecule has 2 aromatic rings. The molecule has 3 heteroatoms. The second-order valence-corrected chi connectivity index (χ2v) is 5.75. The quantitative estimate of drug-likeness (QED) is 0.793. The molecule has 0 atom stereocenters. The molecule has 104 valence electrons. The lowest BCUT2D eigenvalue weighted by Crippen LogP contribution is -2.08. The van der Waals surface area contributed by atoms with Crippen LogP contribution in [0.2, 0.25) is 0 Å². The number of ether oxygens (including phenoxy) is 1. The molecule has 0 saturated heterocycles. The van der Waals surface area contributed by atoms with Crippen molar-refractivity contribution >= 4 is 35.3 Å². The highest BCUT2D eigenvalue weighted by molar-refractivity contribution is 7.13. The molecule has 0 unspecified atom stereocenters. The number of hydrogen-bond acceptors (Lipinski definition) is 3. The Balaban J connectivity index is 2.26. The average Bonchev–Trinajstić information content (AvgIpc) is 2.92. The summed E-state index contributed by atoms with van der Waals surface area (Å²) in [4.78, 5) is 4.45. The fraction of sp³-hybridized carbons (Fsp3) is 0.176. The molecule has 0 aliphatic carbocycles. The van der Waals surface area contributed by atoms with Gasteiger partial charge in [-0.3, -0.25) is 0 Å². The summed E-state index contributed by atoms with van der Waals surface area (Å²) in [5, 5.41) is 0. The molecule has 2 nitrogen and oxygen atoms in total. The summed E-state index contributed by atoms with van der Waals surface area (Å²) in [6.07, 6.45) is 6.05. The zero-order chi connectivity index (χ0) is 14.5. The van der Waals surface area contributed by atoms with Crippen LogP contribution in [0.3, 0.4) is 0 Å². The van der Waals surface area contributed by atoms with Crippen molar-refractivity contribution in [2.24, 2.45) is 0 Å². The van der Waals surface area contributed by atoms with Gasteiger partial charge in [0.05, 0.1) is 7.11 Å². The van der Waals surface area contributed by atoms with Crippen molar-refractivity contribution < 1.29 is 4.74 Å². The summed E-state index contributed by atoms with van der Waals surface area (Å²) in [6, 6.07) is 10.4. The Morgan fingerprint density at radius 1 is 1.10 bits per heavy atom. The minimum atomic E-state index is 0.882. The van der Waals surface area contributed by atoms with Crippen molar-refractivity contribution in [3.8, 4) is 5.75 Å². The lowest BCUT2D eigenvalue weighted by Gasteiger charge is -2.14. The van der Waals surface area contributed by atoms with E-state index in [2.05, 4.69) is 47.9 Å². The number of benzene rings is 1. The van der Waals surface area contributed by atoms with Gasteiger partial charge in [-0.1, -0.05) is 12.7 Å². The minimum absolute atomic E-state index is 0.882. The first-order valence-corrected chi connectivity index (χ1v) is 7.21. The van der Waals surface area contributed by atoms with Gasteiger partial charge in [-0.25, -0.2) is 0 Å². The van der Waals surface area contributed by atoms with Gasteiger partial charge in [-0.15, -0.1) is 11.3 Å². The largest absolute Gasteiger partial charge is 0.496 e. The predicted molar refractivity (Wildman–Crippen MR) is 90.7 cm³/mol. The topological polar surface area (TPSA) is 12.5 Å². The smallest absolute Gasteiger partial charge is 0.128 e. The van der Waals surface area contributed by atoms with E-state index in [4.69, 9.17) is 4.74 Å². The van der Waals surface area contributed by atoms with Gasteiger partial charge in [0.15, 0.2) is 0 Å². The molecule has 1 aromatic heterocycles. The van der Waals surface area contributed by atoms with Gasteiger partial charge >= 0.3 is 0 Å². The standard InChI is InChI=1S/C17H19NOS/c1-5-15-10-11-16(20-15)9-7-13-6-8-14(18(2)3)12-17(13)19-4/h5-12H,1H2,2-4H3/b9-7+. The Morgan fingerprint density at radius 3 is 2.45 bits per heavy atom. The maximum absolute atomic E-state index is 5.46. The van der Waals surface area contributed by atoms with E-state index in [0.29, 0.717) is 0 Å². The maximum Gasteiger partial charge on any atom is 0.128 e. The van der Waals surface area contributed by atoms with Crippen LogP contribution in [0.25, 0.3) is 18.2 Å². The Bertz CT molecular complexity index is 626. The Morgan fingerprint density at radius 2 is 1.85 bits per heavy atom. The molecule has 0 aliphatic heterocycles. The van der Waals surface area contributed by atoms with Gasteiger partial charge in [-0.2, -0.15) is 0 Å². The molecule has 0 amide bonds. The Labute approximate surface area is 124 Å². The molecule has 2 rings (SSSR count). The van der Waals surface area contributed by atoms with Crippen molar-refractivity contribution in [3.63, 3.8) is 0 Å². The molecule has 0 bridgehead atoms. The SMILES string of the molecule is C=Cc1ccc(/C=C/c2ccc(N(C)C)cc2OC)s1. The fourth-order valence-corrected chi connectivity index (χ4v) is 2.62. The zero-order valence-corrected chi connectivity index (χ0v) is 12.9. The number of methoxy groups -OCH3 is 1. The molecule has 1 heterocycles. The Hall–Kier alpha value is -2.00. The van der Waals surface area contributed by atoms with Crippen molar-refractivity contribution in [3.05, 3.63) is 52.2 Å². The van der Waals surface area contributed by atoms with E-state index >= 15 is 0 Å². The van der Waals surface area contributed by atoms with Crippen LogP contribution in [0.5, 0.6) is 5.75 Å². The average molecular weight is 285 g/mol. The fourth-order valence-electron chi connectivity index (χ4n) is 1.86. The highest BCUT2D eigenvalue weighted by Gasteiger charge is 2.03. The number of thiophene rings is 1. The van der Waals surface area contributed by atoms with Gasteiger partial charge in [0.1, 0.15) is 5.75 Å². The monoisotopic (exact) mass is 285 g/mol. The van der Waals surface area contributed by atoms with Crippen molar-refractivity contribution in [1.29, 1.82) is 0 Å². The van der Waals surface area contributed by atoms with E-state index in [9.17, 15) is 0 Å². The first-order chi connectivity index (χ1) is 9.63. The summed E-state index contributed by atoms with van der Waals surface area (Å²) in [6.45, 7) is 3.78. The highest BCUT2D eigenvalue weighted by Crippen LogP contribution is 2.27. The van der Waals surface area contributed by atoms with Crippen molar-refractivity contribution in [1.82, 2.24) is 0 Å². The maximum atomic E-state index is 5.46. The van der Waals surface area contributed by atoms with E-state index in [1.807, 2.05) is 26.2 Å². The number of rotatable bonds is 5. The lowest BCUT2D eigenvalue weighted by atomic mass is 10.1. The van der Waals surface area contributed by atoms with Crippen LogP contribution in [0.15, 0.2) is 36.9 Å². The third kappa shape index (κ3) is 3.31. The van der Waals surface area contributed by atoms with Crippen LogP contribution < -0.4 is 9.64 Å².